The van der Waals surface area contributed by atoms with E-state index in [1.54, 1.807) is 24.4 Å². The summed E-state index contributed by atoms with van der Waals surface area (Å²) in [6.07, 6.45) is 3.47. The van der Waals surface area contributed by atoms with Crippen molar-refractivity contribution < 1.29 is 22.4 Å². The van der Waals surface area contributed by atoms with Gasteiger partial charge in [0.15, 0.2) is 0 Å². The first-order valence-electron chi connectivity index (χ1n) is 12.2. The van der Waals surface area contributed by atoms with Gasteiger partial charge in [0.25, 0.3) is 0 Å². The van der Waals surface area contributed by atoms with E-state index in [1.165, 1.54) is 20.2 Å². The van der Waals surface area contributed by atoms with Gasteiger partial charge in [-0.25, -0.2) is 22.1 Å². The van der Waals surface area contributed by atoms with E-state index in [-0.39, 0.29) is 23.1 Å². The molecule has 1 unspecified atom stereocenters. The second-order valence-electron chi connectivity index (χ2n) is 9.41. The third-order valence-electron chi connectivity index (χ3n) is 6.29. The Morgan fingerprint density at radius 1 is 1.10 bits per heavy atom. The Hall–Kier alpha value is -3.74. The van der Waals surface area contributed by atoms with Crippen molar-refractivity contribution in [1.29, 1.82) is 0 Å². The van der Waals surface area contributed by atoms with Crippen LogP contribution in [0.1, 0.15) is 23.1 Å². The number of hydrogen-bond donors (Lipinski definition) is 2. The summed E-state index contributed by atoms with van der Waals surface area (Å²) in [5.74, 6) is -1.80. The monoisotopic (exact) mass is 567 g/mol. The lowest BCUT2D eigenvalue weighted by molar-refractivity contribution is -0.126. The number of carbonyl (C=O) groups excluding carboxylic acids is 2. The normalized spacial score (nSPS) is 14.4. The van der Waals surface area contributed by atoms with Gasteiger partial charge in [-0.3, -0.25) is 14.6 Å². The second-order valence-corrected chi connectivity index (χ2v) is 12.7. The molecule has 2 heterocycles. The number of pyridine rings is 1. The van der Waals surface area contributed by atoms with E-state index in [1.807, 2.05) is 30.3 Å². The maximum Gasteiger partial charge on any atom is 0.247 e. The lowest BCUT2D eigenvalue weighted by Crippen LogP contribution is -2.43. The van der Waals surface area contributed by atoms with Crippen molar-refractivity contribution in [2.45, 2.75) is 24.1 Å². The van der Waals surface area contributed by atoms with Crippen molar-refractivity contribution in [3.8, 4) is 22.4 Å². The highest BCUT2D eigenvalue weighted by Gasteiger charge is 2.39. The number of hydrogen-bond acceptors (Lipinski definition) is 7. The lowest BCUT2D eigenvalue weighted by Gasteiger charge is -2.19. The van der Waals surface area contributed by atoms with Crippen molar-refractivity contribution in [3.05, 3.63) is 71.6 Å². The number of halogens is 1. The summed E-state index contributed by atoms with van der Waals surface area (Å²) in [7, 11) is -1.53. The third kappa shape index (κ3) is 5.82. The largest absolute Gasteiger partial charge is 0.352 e. The second kappa shape index (κ2) is 10.8. The molecule has 2 N–H and O–H groups in total. The Bertz CT molecular complexity index is 1640. The van der Waals surface area contributed by atoms with Crippen LogP contribution in [0.15, 0.2) is 60.8 Å². The first-order chi connectivity index (χ1) is 18.6. The molecule has 0 saturated heterocycles. The van der Waals surface area contributed by atoms with E-state index < -0.39 is 32.9 Å². The van der Waals surface area contributed by atoms with E-state index in [0.29, 0.717) is 15.8 Å². The Morgan fingerprint density at radius 3 is 2.46 bits per heavy atom. The summed E-state index contributed by atoms with van der Waals surface area (Å²) in [6, 6.07) is 15.8. The number of nitrogens with zero attached hydrogens (tertiary/aromatic N) is 3. The molecule has 0 radical (unpaired) electrons. The predicted molar refractivity (Wildman–Crippen MR) is 148 cm³/mol. The SMILES string of the molecule is CN(C)S(=O)(=O)C(C(=O)NCC(=O)NC1CC1)c1nc2cc(F)c(-c3ccc(-c4ccccn4)cc3)cc2s1. The van der Waals surface area contributed by atoms with Gasteiger partial charge < -0.3 is 10.6 Å². The lowest BCUT2D eigenvalue weighted by atomic mass is 10.0. The fourth-order valence-corrected chi connectivity index (χ4v) is 6.57. The molecule has 39 heavy (non-hydrogen) atoms. The van der Waals surface area contributed by atoms with Gasteiger partial charge in [0.05, 0.1) is 22.5 Å². The first kappa shape index (κ1) is 26.9. The van der Waals surface area contributed by atoms with Crippen molar-refractivity contribution in [2.24, 2.45) is 0 Å². The van der Waals surface area contributed by atoms with Gasteiger partial charge in [-0.1, -0.05) is 30.3 Å². The van der Waals surface area contributed by atoms with E-state index in [2.05, 4.69) is 20.6 Å². The molecule has 12 heteroatoms. The highest BCUT2D eigenvalue weighted by Crippen LogP contribution is 2.36. The van der Waals surface area contributed by atoms with Crippen LogP contribution in [-0.4, -0.2) is 61.2 Å². The van der Waals surface area contributed by atoms with Crippen LogP contribution in [0.2, 0.25) is 0 Å². The van der Waals surface area contributed by atoms with Crippen molar-refractivity contribution in [1.82, 2.24) is 24.9 Å². The number of rotatable bonds is 9. The molecule has 202 valence electrons. The zero-order valence-corrected chi connectivity index (χ0v) is 22.9. The predicted octanol–water partition coefficient (Wildman–Crippen LogP) is 3.49. The molecule has 2 aromatic heterocycles. The smallest absolute Gasteiger partial charge is 0.247 e. The molecule has 0 aliphatic heterocycles. The number of fused-ring (bicyclic) bond motifs is 1. The van der Waals surface area contributed by atoms with Crippen LogP contribution < -0.4 is 10.6 Å². The highest BCUT2D eigenvalue weighted by molar-refractivity contribution is 7.90. The number of thiazole rings is 1. The van der Waals surface area contributed by atoms with Crippen LogP contribution in [0.3, 0.4) is 0 Å². The number of aromatic nitrogens is 2. The highest BCUT2D eigenvalue weighted by atomic mass is 32.2. The summed E-state index contributed by atoms with van der Waals surface area (Å²) >= 11 is 0.995. The van der Waals surface area contributed by atoms with Crippen molar-refractivity contribution in [3.63, 3.8) is 0 Å². The summed E-state index contributed by atoms with van der Waals surface area (Å²) < 4.78 is 42.9. The molecule has 1 aliphatic rings. The average Bonchev–Trinajstić information content (AvgIpc) is 3.64. The maximum atomic E-state index is 15.2. The van der Waals surface area contributed by atoms with Crippen molar-refractivity contribution in [2.75, 3.05) is 20.6 Å². The number of sulfonamides is 1. The minimum absolute atomic E-state index is 0.0131. The molecule has 9 nitrogen and oxygen atoms in total. The first-order valence-corrected chi connectivity index (χ1v) is 14.6. The molecule has 5 rings (SSSR count). The van der Waals surface area contributed by atoms with Crippen LogP contribution in [0.4, 0.5) is 4.39 Å². The van der Waals surface area contributed by atoms with Gasteiger partial charge >= 0.3 is 0 Å². The molecule has 4 aromatic rings. The van der Waals surface area contributed by atoms with Crippen LogP contribution >= 0.6 is 11.3 Å². The molecular formula is C27H26FN5O4S2. The Kier molecular flexibility index (Phi) is 7.43. The molecule has 2 amide bonds. The summed E-state index contributed by atoms with van der Waals surface area (Å²) in [6.45, 7) is -0.354. The Balaban J connectivity index is 1.45. The molecule has 1 saturated carbocycles. The zero-order chi connectivity index (χ0) is 27.7. The van der Waals surface area contributed by atoms with E-state index >= 15 is 4.39 Å². The minimum atomic E-state index is -4.16. The third-order valence-corrected chi connectivity index (χ3v) is 9.57. The van der Waals surface area contributed by atoms with Crippen molar-refractivity contribution >= 4 is 43.4 Å². The molecule has 0 spiro atoms. The average molecular weight is 568 g/mol. The van der Waals surface area contributed by atoms with E-state index in [9.17, 15) is 18.0 Å². The van der Waals surface area contributed by atoms with Crippen LogP contribution in [0.25, 0.3) is 32.6 Å². The number of carbonyl (C=O) groups is 2. The zero-order valence-electron chi connectivity index (χ0n) is 21.2. The Morgan fingerprint density at radius 2 is 1.82 bits per heavy atom. The van der Waals surface area contributed by atoms with Gasteiger partial charge in [-0.2, -0.15) is 0 Å². The Labute approximate surface area is 229 Å². The fourth-order valence-electron chi connectivity index (χ4n) is 4.01. The molecule has 1 fully saturated rings. The summed E-state index contributed by atoms with van der Waals surface area (Å²) in [5, 5.41) is 3.45. The van der Waals surface area contributed by atoms with Gasteiger partial charge in [0.2, 0.25) is 27.1 Å². The van der Waals surface area contributed by atoms with Crippen LogP contribution in [0.5, 0.6) is 0 Å². The number of nitrogens with one attached hydrogen (secondary N) is 2. The maximum absolute atomic E-state index is 15.2. The minimum Gasteiger partial charge on any atom is -0.352 e. The van der Waals surface area contributed by atoms with E-state index in [4.69, 9.17) is 0 Å². The van der Waals surface area contributed by atoms with E-state index in [0.717, 1.165) is 39.7 Å². The molecule has 0 bridgehead atoms. The van der Waals surface area contributed by atoms with Crippen LogP contribution in [0, 0.1) is 5.82 Å². The van der Waals surface area contributed by atoms with Gasteiger partial charge in [-0.05, 0) is 36.6 Å². The number of amides is 2. The van der Waals surface area contributed by atoms with Gasteiger partial charge in [-0.15, -0.1) is 11.3 Å². The van der Waals surface area contributed by atoms with Gasteiger partial charge in [0, 0.05) is 43.5 Å². The molecule has 2 aromatic carbocycles. The summed E-state index contributed by atoms with van der Waals surface area (Å²) in [5.41, 5.74) is 2.86. The topological polar surface area (TPSA) is 121 Å². The molecule has 1 atom stereocenters. The fraction of sp³-hybridized carbons (Fsp3) is 0.259. The molecular weight excluding hydrogens is 541 g/mol. The quantitative estimate of drug-likeness (QED) is 0.319. The molecule has 1 aliphatic carbocycles. The number of benzene rings is 2. The summed E-state index contributed by atoms with van der Waals surface area (Å²) in [4.78, 5) is 33.8. The standard InChI is InChI=1S/C27H26FN5O4S2/c1-33(2)39(36,37)25(26(35)30-15-24(34)31-18-10-11-18)27-32-22-14-20(28)19(13-23(22)38-27)16-6-8-17(9-7-16)21-5-3-4-12-29-21/h3-9,12-14,18,25H,10-11,15H2,1-2H3,(H,30,35)(H,31,34). The van der Waals surface area contributed by atoms with Gasteiger partial charge in [0.1, 0.15) is 10.8 Å². The van der Waals surface area contributed by atoms with Crippen LogP contribution in [-0.2, 0) is 19.6 Å².